The number of carbonyl (C=O) groups is 3. The first-order valence-corrected chi connectivity index (χ1v) is 10.7. The van der Waals surface area contributed by atoms with Crippen molar-refractivity contribution in [2.45, 2.75) is 52.0 Å². The summed E-state index contributed by atoms with van der Waals surface area (Å²) in [5, 5.41) is 3.40. The lowest BCUT2D eigenvalue weighted by Crippen LogP contribution is -2.52. The van der Waals surface area contributed by atoms with Crippen LogP contribution in [0.3, 0.4) is 0 Å². The number of hydrogen-bond donors (Lipinski definition) is 1. The van der Waals surface area contributed by atoms with Gasteiger partial charge in [-0.3, -0.25) is 14.5 Å². The normalized spacial score (nSPS) is 20.2. The van der Waals surface area contributed by atoms with Gasteiger partial charge in [0.25, 0.3) is 0 Å². The molecule has 1 N–H and O–H groups in total. The molecular formula is C20H29N3O4S. The van der Waals surface area contributed by atoms with Gasteiger partial charge in [0, 0.05) is 18.0 Å². The first-order valence-electron chi connectivity index (χ1n) is 9.93. The van der Waals surface area contributed by atoms with E-state index in [4.69, 9.17) is 4.74 Å². The van der Waals surface area contributed by atoms with E-state index in [0.717, 1.165) is 62.2 Å². The Morgan fingerprint density at radius 1 is 1.11 bits per heavy atom. The van der Waals surface area contributed by atoms with E-state index in [9.17, 15) is 14.4 Å². The van der Waals surface area contributed by atoms with Crippen LogP contribution >= 0.6 is 11.3 Å². The largest absolute Gasteiger partial charge is 0.465 e. The summed E-state index contributed by atoms with van der Waals surface area (Å²) in [6.07, 6.45) is 4.92. The van der Waals surface area contributed by atoms with E-state index in [2.05, 4.69) is 5.32 Å². The maximum absolute atomic E-state index is 12.9. The average Bonchev–Trinajstić information content (AvgIpc) is 3.30. The second-order valence-corrected chi connectivity index (χ2v) is 8.77. The molecule has 2 aliphatic rings. The molecule has 0 aliphatic carbocycles. The lowest BCUT2D eigenvalue weighted by molar-refractivity contribution is -0.137. The molecule has 3 rings (SSSR count). The molecule has 0 spiro atoms. The predicted molar refractivity (Wildman–Crippen MR) is 109 cm³/mol. The Morgan fingerprint density at radius 2 is 1.79 bits per heavy atom. The van der Waals surface area contributed by atoms with Crippen molar-refractivity contribution in [3.8, 4) is 0 Å². The SMILES string of the molecule is COC(=O)c1c(NC(=O)CN2CCCCC2C(=O)N2CCCC2)sc(C)c1C. The monoisotopic (exact) mass is 407 g/mol. The van der Waals surface area contributed by atoms with Crippen LogP contribution in [0.2, 0.25) is 0 Å². The van der Waals surface area contributed by atoms with Gasteiger partial charge in [-0.25, -0.2) is 4.79 Å². The van der Waals surface area contributed by atoms with Gasteiger partial charge in [-0.05, 0) is 51.6 Å². The van der Waals surface area contributed by atoms with Crippen molar-refractivity contribution in [3.05, 3.63) is 16.0 Å². The highest BCUT2D eigenvalue weighted by Gasteiger charge is 2.34. The molecule has 1 aromatic rings. The van der Waals surface area contributed by atoms with E-state index in [1.54, 1.807) is 0 Å². The van der Waals surface area contributed by atoms with Gasteiger partial charge in [0.05, 0.1) is 25.3 Å². The quantitative estimate of drug-likeness (QED) is 0.759. The molecule has 28 heavy (non-hydrogen) atoms. The molecule has 0 bridgehead atoms. The standard InChI is InChI=1S/C20H29N3O4S/c1-13-14(2)28-18(17(13)20(26)27-3)21-16(24)12-23-11-5-4-8-15(23)19(25)22-9-6-7-10-22/h15H,4-12H2,1-3H3,(H,21,24). The van der Waals surface area contributed by atoms with Crippen molar-refractivity contribution in [3.63, 3.8) is 0 Å². The molecule has 0 saturated carbocycles. The molecule has 2 saturated heterocycles. The van der Waals surface area contributed by atoms with E-state index in [1.165, 1.54) is 18.4 Å². The summed E-state index contributed by atoms with van der Waals surface area (Å²) < 4.78 is 4.86. The Kier molecular flexibility index (Phi) is 6.72. The molecule has 2 aliphatic heterocycles. The third kappa shape index (κ3) is 4.38. The van der Waals surface area contributed by atoms with Crippen LogP contribution in [-0.4, -0.2) is 66.9 Å². The molecule has 1 unspecified atom stereocenters. The first-order chi connectivity index (χ1) is 13.4. The zero-order valence-electron chi connectivity index (χ0n) is 16.9. The van der Waals surface area contributed by atoms with Crippen molar-refractivity contribution < 1.29 is 19.1 Å². The number of nitrogens with one attached hydrogen (secondary N) is 1. The number of hydrogen-bond acceptors (Lipinski definition) is 6. The molecular weight excluding hydrogens is 378 g/mol. The van der Waals surface area contributed by atoms with Crippen LogP contribution in [0, 0.1) is 13.8 Å². The number of ether oxygens (including phenoxy) is 1. The predicted octanol–water partition coefficient (Wildman–Crippen LogP) is 2.57. The molecule has 1 aromatic heterocycles. The minimum atomic E-state index is -0.447. The third-order valence-electron chi connectivity index (χ3n) is 5.69. The van der Waals surface area contributed by atoms with E-state index < -0.39 is 5.97 Å². The minimum Gasteiger partial charge on any atom is -0.465 e. The van der Waals surface area contributed by atoms with Gasteiger partial charge in [-0.1, -0.05) is 6.42 Å². The maximum Gasteiger partial charge on any atom is 0.341 e. The number of piperidine rings is 1. The molecule has 2 fully saturated rings. The van der Waals surface area contributed by atoms with Gasteiger partial charge in [0.15, 0.2) is 0 Å². The molecule has 0 radical (unpaired) electrons. The highest BCUT2D eigenvalue weighted by molar-refractivity contribution is 7.16. The van der Waals surface area contributed by atoms with Gasteiger partial charge in [0.2, 0.25) is 11.8 Å². The maximum atomic E-state index is 12.9. The summed E-state index contributed by atoms with van der Waals surface area (Å²) in [6, 6.07) is -0.218. The molecule has 1 atom stereocenters. The summed E-state index contributed by atoms with van der Waals surface area (Å²) in [7, 11) is 1.34. The van der Waals surface area contributed by atoms with Gasteiger partial charge >= 0.3 is 5.97 Å². The van der Waals surface area contributed by atoms with Crippen molar-refractivity contribution in [2.24, 2.45) is 0 Å². The van der Waals surface area contributed by atoms with Crippen LogP contribution in [-0.2, 0) is 14.3 Å². The third-order valence-corrected chi connectivity index (χ3v) is 6.81. The number of esters is 1. The van der Waals surface area contributed by atoms with Crippen LogP contribution in [0.1, 0.15) is 52.9 Å². The Hall–Kier alpha value is -1.93. The Balaban J connectivity index is 1.69. The lowest BCUT2D eigenvalue weighted by atomic mass is 10.0. The molecule has 7 nitrogen and oxygen atoms in total. The number of likely N-dealkylation sites (tertiary alicyclic amines) is 2. The number of amides is 2. The zero-order chi connectivity index (χ0) is 20.3. The number of nitrogens with zero attached hydrogens (tertiary/aromatic N) is 2. The van der Waals surface area contributed by atoms with Crippen molar-refractivity contribution in [2.75, 3.05) is 38.6 Å². The summed E-state index contributed by atoms with van der Waals surface area (Å²) in [4.78, 5) is 42.6. The molecule has 8 heteroatoms. The van der Waals surface area contributed by atoms with Gasteiger partial charge in [-0.2, -0.15) is 0 Å². The van der Waals surface area contributed by atoms with Crippen LogP contribution in [0.15, 0.2) is 0 Å². The second kappa shape index (κ2) is 9.05. The summed E-state index contributed by atoms with van der Waals surface area (Å²) in [5.41, 5.74) is 1.24. The van der Waals surface area contributed by atoms with Gasteiger partial charge < -0.3 is 15.0 Å². The van der Waals surface area contributed by atoms with Crippen molar-refractivity contribution in [1.82, 2.24) is 9.80 Å². The number of rotatable bonds is 5. The first kappa shape index (κ1) is 20.8. The summed E-state index contributed by atoms with van der Waals surface area (Å²) in [5.74, 6) is -0.493. The van der Waals surface area contributed by atoms with Crippen LogP contribution in [0.25, 0.3) is 0 Å². The number of methoxy groups -OCH3 is 1. The van der Waals surface area contributed by atoms with Gasteiger partial charge in [0.1, 0.15) is 5.00 Å². The van der Waals surface area contributed by atoms with E-state index >= 15 is 0 Å². The van der Waals surface area contributed by atoms with Gasteiger partial charge in [-0.15, -0.1) is 11.3 Å². The highest BCUT2D eigenvalue weighted by atomic mass is 32.1. The van der Waals surface area contributed by atoms with Crippen molar-refractivity contribution in [1.29, 1.82) is 0 Å². The number of anilines is 1. The summed E-state index contributed by atoms with van der Waals surface area (Å²) >= 11 is 1.38. The fraction of sp³-hybridized carbons (Fsp3) is 0.650. The van der Waals surface area contributed by atoms with Crippen molar-refractivity contribution >= 4 is 34.1 Å². The lowest BCUT2D eigenvalue weighted by Gasteiger charge is -2.36. The number of thiophene rings is 1. The number of aryl methyl sites for hydroxylation is 1. The van der Waals surface area contributed by atoms with E-state index in [-0.39, 0.29) is 24.4 Å². The second-order valence-electron chi connectivity index (χ2n) is 7.54. The summed E-state index contributed by atoms with van der Waals surface area (Å²) in [6.45, 7) is 6.31. The van der Waals surface area contributed by atoms with Crippen LogP contribution < -0.4 is 5.32 Å². The topological polar surface area (TPSA) is 79.0 Å². The fourth-order valence-electron chi connectivity index (χ4n) is 4.02. The molecule has 154 valence electrons. The number of carbonyl (C=O) groups excluding carboxylic acids is 3. The Morgan fingerprint density at radius 3 is 2.46 bits per heavy atom. The molecule has 3 heterocycles. The Labute approximate surface area is 170 Å². The zero-order valence-corrected chi connectivity index (χ0v) is 17.7. The van der Waals surface area contributed by atoms with Crippen LogP contribution in [0.4, 0.5) is 5.00 Å². The molecule has 2 amide bonds. The highest BCUT2D eigenvalue weighted by Crippen LogP contribution is 2.33. The fourth-order valence-corrected chi connectivity index (χ4v) is 5.09. The van der Waals surface area contributed by atoms with Crippen LogP contribution in [0.5, 0.6) is 0 Å². The molecule has 0 aromatic carbocycles. The minimum absolute atomic E-state index is 0.154. The van der Waals surface area contributed by atoms with E-state index in [1.807, 2.05) is 23.6 Å². The Bertz CT molecular complexity index is 755. The van der Waals surface area contributed by atoms with E-state index in [0.29, 0.717) is 10.6 Å². The average molecular weight is 408 g/mol. The smallest absolute Gasteiger partial charge is 0.341 e.